The molecule has 18 heavy (non-hydrogen) atoms. The lowest BCUT2D eigenvalue weighted by atomic mass is 10.1. The molecule has 0 saturated heterocycles. The van der Waals surface area contributed by atoms with Gasteiger partial charge in [-0.05, 0) is 18.6 Å². The van der Waals surface area contributed by atoms with Crippen LogP contribution in [0, 0.1) is 0 Å². The van der Waals surface area contributed by atoms with E-state index in [1.165, 1.54) is 13.2 Å². The first-order valence-corrected chi connectivity index (χ1v) is 6.79. The van der Waals surface area contributed by atoms with Gasteiger partial charge in [-0.2, -0.15) is 0 Å². The van der Waals surface area contributed by atoms with Crippen LogP contribution in [0.1, 0.15) is 30.1 Å². The highest BCUT2D eigenvalue weighted by Gasteiger charge is 2.13. The zero-order chi connectivity index (χ0) is 13.5. The highest BCUT2D eigenvalue weighted by Crippen LogP contribution is 2.23. The topological polar surface area (TPSA) is 58.6 Å². The zero-order valence-corrected chi connectivity index (χ0v) is 12.2. The van der Waals surface area contributed by atoms with Crippen LogP contribution in [0.2, 0.25) is 0 Å². The van der Waals surface area contributed by atoms with Crippen molar-refractivity contribution in [1.29, 1.82) is 0 Å². The van der Waals surface area contributed by atoms with Crippen LogP contribution in [0.25, 0.3) is 0 Å². The lowest BCUT2D eigenvalue weighted by Gasteiger charge is -2.11. The van der Waals surface area contributed by atoms with Gasteiger partial charge in [0.05, 0.1) is 12.7 Å². The van der Waals surface area contributed by atoms with E-state index in [1.54, 1.807) is 12.1 Å². The van der Waals surface area contributed by atoms with Crippen molar-refractivity contribution in [3.05, 3.63) is 23.8 Å². The smallest absolute Gasteiger partial charge is 0.255 e. The lowest BCUT2D eigenvalue weighted by molar-refractivity contribution is 0.0951. The molecular formula is C13H18BrNO3. The Hall–Kier alpha value is -1.23. The summed E-state index contributed by atoms with van der Waals surface area (Å²) >= 11 is 3.48. The third kappa shape index (κ3) is 4.22. The molecular weight excluding hydrogens is 298 g/mol. The number of alkyl halides is 1. The molecule has 0 bridgehead atoms. The molecule has 1 atom stereocenters. The molecule has 1 unspecified atom stereocenters. The minimum Gasteiger partial charge on any atom is -0.507 e. The Morgan fingerprint density at radius 1 is 1.56 bits per heavy atom. The Labute approximate surface area is 115 Å². The third-order valence-electron chi connectivity index (χ3n) is 2.54. The first-order chi connectivity index (χ1) is 8.58. The number of halogens is 1. The Morgan fingerprint density at radius 2 is 2.28 bits per heavy atom. The molecule has 0 radical (unpaired) electrons. The molecule has 0 spiro atoms. The van der Waals surface area contributed by atoms with Gasteiger partial charge in [-0.1, -0.05) is 29.3 Å². The molecule has 0 fully saturated rings. The summed E-state index contributed by atoms with van der Waals surface area (Å²) in [5.41, 5.74) is 0.256. The van der Waals surface area contributed by atoms with Crippen molar-refractivity contribution in [1.82, 2.24) is 5.32 Å². The summed E-state index contributed by atoms with van der Waals surface area (Å²) in [6.07, 6.45) is 2.05. The Balaban J connectivity index is 2.61. The number of hydrogen-bond acceptors (Lipinski definition) is 3. The van der Waals surface area contributed by atoms with Crippen LogP contribution >= 0.6 is 15.9 Å². The number of amides is 1. The third-order valence-corrected chi connectivity index (χ3v) is 3.32. The van der Waals surface area contributed by atoms with Crippen molar-refractivity contribution < 1.29 is 14.6 Å². The van der Waals surface area contributed by atoms with E-state index in [9.17, 15) is 9.90 Å². The Bertz CT molecular complexity index is 409. The fraction of sp³-hybridized carbons (Fsp3) is 0.462. The van der Waals surface area contributed by atoms with Crippen LogP contribution in [-0.4, -0.2) is 29.5 Å². The number of phenols is 1. The second-order valence-corrected chi connectivity index (χ2v) is 5.27. The molecule has 0 aromatic heterocycles. The van der Waals surface area contributed by atoms with Crippen LogP contribution in [0.4, 0.5) is 0 Å². The first-order valence-electron chi connectivity index (χ1n) is 5.87. The fourth-order valence-corrected chi connectivity index (χ4v) is 2.16. The van der Waals surface area contributed by atoms with E-state index in [-0.39, 0.29) is 22.0 Å². The van der Waals surface area contributed by atoms with Crippen LogP contribution in [0.15, 0.2) is 18.2 Å². The summed E-state index contributed by atoms with van der Waals surface area (Å²) in [7, 11) is 1.51. The van der Waals surface area contributed by atoms with Crippen molar-refractivity contribution in [3.63, 3.8) is 0 Å². The predicted molar refractivity (Wildman–Crippen MR) is 74.6 cm³/mol. The summed E-state index contributed by atoms with van der Waals surface area (Å²) in [5.74, 6) is 0.164. The first kappa shape index (κ1) is 14.8. The quantitative estimate of drug-likeness (QED) is 0.793. The monoisotopic (exact) mass is 315 g/mol. The van der Waals surface area contributed by atoms with Gasteiger partial charge in [0.1, 0.15) is 11.5 Å². The summed E-state index contributed by atoms with van der Waals surface area (Å²) in [6, 6.07) is 4.62. The average Bonchev–Trinajstić information content (AvgIpc) is 2.36. The van der Waals surface area contributed by atoms with E-state index in [4.69, 9.17) is 4.74 Å². The highest BCUT2D eigenvalue weighted by atomic mass is 79.9. The molecule has 1 aromatic rings. The molecule has 4 nitrogen and oxygen atoms in total. The van der Waals surface area contributed by atoms with E-state index in [0.717, 1.165) is 12.8 Å². The summed E-state index contributed by atoms with van der Waals surface area (Å²) in [6.45, 7) is 2.63. The van der Waals surface area contributed by atoms with Gasteiger partial charge in [0.15, 0.2) is 0 Å². The normalized spacial score (nSPS) is 11.9. The molecule has 0 aliphatic heterocycles. The maximum atomic E-state index is 11.8. The molecule has 1 amide bonds. The standard InChI is InChI=1S/C13H18BrNO3/c1-3-4-9(14)8-15-13(17)11-6-5-10(18-2)7-12(11)16/h5-7,9,16H,3-4,8H2,1-2H3,(H,15,17). The van der Waals surface area contributed by atoms with Gasteiger partial charge >= 0.3 is 0 Å². The van der Waals surface area contributed by atoms with E-state index < -0.39 is 0 Å². The van der Waals surface area contributed by atoms with Crippen LogP contribution in [0.3, 0.4) is 0 Å². The molecule has 0 aliphatic carbocycles. The van der Waals surface area contributed by atoms with Crippen molar-refractivity contribution in [3.8, 4) is 11.5 Å². The second kappa shape index (κ2) is 7.26. The number of ether oxygens (including phenoxy) is 1. The Morgan fingerprint density at radius 3 is 2.83 bits per heavy atom. The van der Waals surface area contributed by atoms with Gasteiger partial charge in [-0.25, -0.2) is 0 Å². The van der Waals surface area contributed by atoms with Crippen LogP contribution in [-0.2, 0) is 0 Å². The van der Waals surface area contributed by atoms with Gasteiger partial charge in [-0.3, -0.25) is 4.79 Å². The summed E-state index contributed by atoms with van der Waals surface area (Å²) in [4.78, 5) is 12.1. The SMILES string of the molecule is CCCC(Br)CNC(=O)c1ccc(OC)cc1O. The van der Waals surface area contributed by atoms with Crippen molar-refractivity contribution in [2.24, 2.45) is 0 Å². The maximum Gasteiger partial charge on any atom is 0.255 e. The van der Waals surface area contributed by atoms with Crippen molar-refractivity contribution in [2.75, 3.05) is 13.7 Å². The predicted octanol–water partition coefficient (Wildman–Crippen LogP) is 2.69. The summed E-state index contributed by atoms with van der Waals surface area (Å²) in [5, 5.41) is 12.5. The van der Waals surface area contributed by atoms with Gasteiger partial charge in [0.25, 0.3) is 5.91 Å². The molecule has 1 aromatic carbocycles. The molecule has 2 N–H and O–H groups in total. The van der Waals surface area contributed by atoms with Gasteiger partial charge in [0, 0.05) is 17.4 Å². The molecule has 0 heterocycles. The molecule has 1 rings (SSSR count). The van der Waals surface area contributed by atoms with Gasteiger partial charge in [0.2, 0.25) is 0 Å². The van der Waals surface area contributed by atoms with Crippen LogP contribution in [0.5, 0.6) is 11.5 Å². The van der Waals surface area contributed by atoms with Crippen LogP contribution < -0.4 is 10.1 Å². The number of hydrogen-bond donors (Lipinski definition) is 2. The molecule has 100 valence electrons. The van der Waals surface area contributed by atoms with E-state index >= 15 is 0 Å². The van der Waals surface area contributed by atoms with Crippen molar-refractivity contribution >= 4 is 21.8 Å². The number of phenolic OH excluding ortho intramolecular Hbond substituents is 1. The summed E-state index contributed by atoms with van der Waals surface area (Å²) < 4.78 is 4.96. The lowest BCUT2D eigenvalue weighted by Crippen LogP contribution is -2.29. The number of aromatic hydroxyl groups is 1. The number of rotatable bonds is 6. The minimum atomic E-state index is -0.282. The average molecular weight is 316 g/mol. The van der Waals surface area contributed by atoms with E-state index in [2.05, 4.69) is 28.2 Å². The minimum absolute atomic E-state index is 0.0755. The molecule has 5 heteroatoms. The highest BCUT2D eigenvalue weighted by molar-refractivity contribution is 9.09. The zero-order valence-electron chi connectivity index (χ0n) is 10.6. The number of nitrogens with one attached hydrogen (secondary N) is 1. The second-order valence-electron chi connectivity index (χ2n) is 3.98. The number of carbonyl (C=O) groups excluding carboxylic acids is 1. The van der Waals surface area contributed by atoms with E-state index in [0.29, 0.717) is 12.3 Å². The maximum absolute atomic E-state index is 11.8. The number of benzene rings is 1. The van der Waals surface area contributed by atoms with Gasteiger partial charge < -0.3 is 15.2 Å². The fourth-order valence-electron chi connectivity index (χ4n) is 1.54. The Kier molecular flexibility index (Phi) is 5.98. The van der Waals surface area contributed by atoms with Gasteiger partial charge in [-0.15, -0.1) is 0 Å². The van der Waals surface area contributed by atoms with Crippen molar-refractivity contribution in [2.45, 2.75) is 24.6 Å². The molecule has 0 aliphatic rings. The largest absolute Gasteiger partial charge is 0.507 e. The van der Waals surface area contributed by atoms with E-state index in [1.807, 2.05) is 0 Å². The number of methoxy groups -OCH3 is 1. The molecule has 0 saturated carbocycles. The number of carbonyl (C=O) groups is 1.